The molecule has 5 heteroatoms. The monoisotopic (exact) mass is 368 g/mol. The minimum Gasteiger partial charge on any atom is -0.324 e. The molecule has 2 aliphatic carbocycles. The number of hydrogen-bond acceptors (Lipinski definition) is 4. The van der Waals surface area contributed by atoms with Gasteiger partial charge in [0, 0.05) is 6.04 Å². The zero-order valence-electron chi connectivity index (χ0n) is 17.3. The Morgan fingerprint density at radius 3 is 1.96 bits per heavy atom. The van der Waals surface area contributed by atoms with Gasteiger partial charge in [0.25, 0.3) is 0 Å². The van der Waals surface area contributed by atoms with Crippen molar-refractivity contribution in [3.8, 4) is 0 Å². The van der Waals surface area contributed by atoms with E-state index in [2.05, 4.69) is 48.3 Å². The highest BCUT2D eigenvalue weighted by molar-refractivity contribution is 6.80. The van der Waals surface area contributed by atoms with Crippen molar-refractivity contribution < 1.29 is 0 Å². The molecule has 25 heavy (non-hydrogen) atoms. The van der Waals surface area contributed by atoms with Crippen LogP contribution in [0, 0.1) is 0 Å². The maximum Gasteiger partial charge on any atom is 0.226 e. The van der Waals surface area contributed by atoms with Gasteiger partial charge < -0.3 is 20.6 Å². The number of rotatable bonds is 10. The summed E-state index contributed by atoms with van der Waals surface area (Å²) >= 11 is 0. The molecule has 0 heterocycles. The summed E-state index contributed by atoms with van der Waals surface area (Å²) in [6, 6.07) is 0.595. The van der Waals surface area contributed by atoms with Crippen LogP contribution in [-0.4, -0.2) is 45.8 Å². The van der Waals surface area contributed by atoms with Crippen molar-refractivity contribution in [1.29, 1.82) is 0 Å². The average molecular weight is 369 g/mol. The molecule has 4 N–H and O–H groups in total. The quantitative estimate of drug-likeness (QED) is 0.446. The highest BCUT2D eigenvalue weighted by atomic mass is 28.3. The molecule has 0 aromatic rings. The molecule has 0 spiro atoms. The van der Waals surface area contributed by atoms with Crippen molar-refractivity contribution in [3.05, 3.63) is 0 Å². The Bertz CT molecular complexity index is 361. The Morgan fingerprint density at radius 2 is 1.40 bits per heavy atom. The Labute approximate surface area is 157 Å². The smallest absolute Gasteiger partial charge is 0.226 e. The van der Waals surface area contributed by atoms with Gasteiger partial charge in [-0.15, -0.1) is 0 Å². The molecule has 0 aliphatic heterocycles. The molecule has 0 aromatic carbocycles. The summed E-state index contributed by atoms with van der Waals surface area (Å²) in [4.78, 5) is 8.35. The molecular weight excluding hydrogens is 324 g/mol. The Kier molecular flexibility index (Phi) is 8.89. The van der Waals surface area contributed by atoms with Crippen molar-refractivity contribution in [1.82, 2.24) is 20.6 Å². The first-order valence-electron chi connectivity index (χ1n) is 11.2. The number of hydrogen-bond donors (Lipinski definition) is 4. The fraction of sp³-hybridized carbons (Fsp3) is 1.00. The lowest BCUT2D eigenvalue weighted by molar-refractivity contribution is 0.225. The van der Waals surface area contributed by atoms with Crippen molar-refractivity contribution in [3.63, 3.8) is 0 Å². The highest BCUT2D eigenvalue weighted by Gasteiger charge is 2.61. The molecule has 2 saturated carbocycles. The molecule has 0 saturated heterocycles. The lowest BCUT2D eigenvalue weighted by Gasteiger charge is -2.59. The van der Waals surface area contributed by atoms with Crippen LogP contribution in [0.15, 0.2) is 0 Å². The van der Waals surface area contributed by atoms with E-state index in [1.165, 1.54) is 57.8 Å². The number of nitrogens with one attached hydrogen (secondary N) is 4. The third kappa shape index (κ3) is 4.32. The second kappa shape index (κ2) is 10.4. The van der Waals surface area contributed by atoms with E-state index in [-0.39, 0.29) is 5.16 Å². The van der Waals surface area contributed by atoms with Crippen molar-refractivity contribution >= 4 is 8.40 Å². The second-order valence-corrected chi connectivity index (χ2v) is 12.1. The standard InChI is InChI=1S/C20H44N4Si/c1-5-21-19-16-12-13-17-20(19,22-6-2)25(23-7-3,24-8-4)18-14-10-9-11-15-18/h18-19,21-24H,5-17H2,1-4H3. The van der Waals surface area contributed by atoms with E-state index < -0.39 is 8.40 Å². The fourth-order valence-corrected chi connectivity index (χ4v) is 12.2. The molecule has 148 valence electrons. The molecule has 2 fully saturated rings. The van der Waals surface area contributed by atoms with Crippen LogP contribution in [0.2, 0.25) is 5.54 Å². The van der Waals surface area contributed by atoms with Gasteiger partial charge in [-0.2, -0.15) is 0 Å². The average Bonchev–Trinajstić information content (AvgIpc) is 2.64. The van der Waals surface area contributed by atoms with Gasteiger partial charge in [0.15, 0.2) is 0 Å². The number of likely N-dealkylation sites (N-methyl/N-ethyl adjacent to an activating group) is 2. The van der Waals surface area contributed by atoms with E-state index in [4.69, 9.17) is 0 Å². The third-order valence-corrected chi connectivity index (χ3v) is 12.5. The molecule has 0 aromatic heterocycles. The molecule has 0 radical (unpaired) electrons. The summed E-state index contributed by atoms with van der Waals surface area (Å²) < 4.78 is 0. The van der Waals surface area contributed by atoms with E-state index in [1.807, 2.05) is 0 Å². The predicted octanol–water partition coefficient (Wildman–Crippen LogP) is 3.42. The zero-order valence-corrected chi connectivity index (χ0v) is 18.3. The van der Waals surface area contributed by atoms with E-state index in [1.54, 1.807) is 0 Å². The van der Waals surface area contributed by atoms with Gasteiger partial charge in [0.2, 0.25) is 8.40 Å². The summed E-state index contributed by atoms with van der Waals surface area (Å²) in [5.74, 6) is 0. The van der Waals surface area contributed by atoms with Gasteiger partial charge in [-0.3, -0.25) is 0 Å². The zero-order chi connectivity index (χ0) is 18.2. The fourth-order valence-electron chi connectivity index (χ4n) is 5.96. The van der Waals surface area contributed by atoms with E-state index in [0.717, 1.165) is 31.7 Å². The largest absolute Gasteiger partial charge is 0.324 e. The van der Waals surface area contributed by atoms with Crippen LogP contribution in [-0.2, 0) is 0 Å². The van der Waals surface area contributed by atoms with Crippen LogP contribution in [0.25, 0.3) is 0 Å². The molecule has 4 nitrogen and oxygen atoms in total. The van der Waals surface area contributed by atoms with Gasteiger partial charge in [0.05, 0.1) is 5.16 Å². The first kappa shape index (κ1) is 21.4. The van der Waals surface area contributed by atoms with Crippen LogP contribution in [0.5, 0.6) is 0 Å². The molecule has 0 bridgehead atoms. The van der Waals surface area contributed by atoms with Gasteiger partial charge in [-0.05, 0) is 44.6 Å². The van der Waals surface area contributed by atoms with Gasteiger partial charge in [-0.25, -0.2) is 0 Å². The van der Waals surface area contributed by atoms with Crippen molar-refractivity contribution in [2.24, 2.45) is 0 Å². The highest BCUT2D eigenvalue weighted by Crippen LogP contribution is 2.44. The van der Waals surface area contributed by atoms with Gasteiger partial charge >= 0.3 is 0 Å². The third-order valence-electron chi connectivity index (χ3n) is 6.68. The van der Waals surface area contributed by atoms with Crippen LogP contribution in [0.1, 0.15) is 85.5 Å². The van der Waals surface area contributed by atoms with E-state index >= 15 is 0 Å². The Balaban J connectivity index is 2.49. The predicted molar refractivity (Wildman–Crippen MR) is 112 cm³/mol. The molecule has 2 unspecified atom stereocenters. The summed E-state index contributed by atoms with van der Waals surface area (Å²) in [7, 11) is -1.94. The second-order valence-electron chi connectivity index (χ2n) is 8.06. The lowest BCUT2D eigenvalue weighted by atomic mass is 9.89. The summed E-state index contributed by atoms with van der Waals surface area (Å²) in [5.41, 5.74) is 0.847. The van der Waals surface area contributed by atoms with Crippen molar-refractivity contribution in [2.45, 2.75) is 102 Å². The first-order valence-corrected chi connectivity index (χ1v) is 13.3. The summed E-state index contributed by atoms with van der Waals surface area (Å²) in [6.45, 7) is 13.5. The molecule has 2 atom stereocenters. The first-order chi connectivity index (χ1) is 12.2. The van der Waals surface area contributed by atoms with Gasteiger partial charge in [0.1, 0.15) is 0 Å². The minimum absolute atomic E-state index is 0.226. The minimum atomic E-state index is -1.94. The Hall–Kier alpha value is 0.0569. The summed E-state index contributed by atoms with van der Waals surface area (Å²) in [6.07, 6.45) is 12.5. The van der Waals surface area contributed by atoms with Crippen molar-refractivity contribution in [2.75, 3.05) is 26.2 Å². The maximum absolute atomic E-state index is 4.18. The molecule has 2 rings (SSSR count). The van der Waals surface area contributed by atoms with Gasteiger partial charge in [-0.1, -0.05) is 72.6 Å². The van der Waals surface area contributed by atoms with E-state index in [9.17, 15) is 0 Å². The normalized spacial score (nSPS) is 29.0. The van der Waals surface area contributed by atoms with Crippen LogP contribution in [0.4, 0.5) is 0 Å². The molecule has 2 aliphatic rings. The van der Waals surface area contributed by atoms with E-state index in [0.29, 0.717) is 6.04 Å². The topological polar surface area (TPSA) is 48.1 Å². The molecule has 0 amide bonds. The lowest BCUT2D eigenvalue weighted by Crippen LogP contribution is -2.87. The van der Waals surface area contributed by atoms with Crippen LogP contribution in [0.3, 0.4) is 0 Å². The summed E-state index contributed by atoms with van der Waals surface area (Å²) in [5, 5.41) is 8.25. The Morgan fingerprint density at radius 1 is 0.760 bits per heavy atom. The van der Waals surface area contributed by atoms with Crippen LogP contribution < -0.4 is 20.6 Å². The van der Waals surface area contributed by atoms with Crippen LogP contribution >= 0.6 is 0 Å². The molecular formula is C20H44N4Si. The maximum atomic E-state index is 4.18. The SMILES string of the molecule is CCNC1CCCCC1(NCC)[Si](NCC)(NCC)C1CCCCC1.